The van der Waals surface area contributed by atoms with Crippen molar-refractivity contribution in [2.24, 2.45) is 0 Å². The predicted octanol–water partition coefficient (Wildman–Crippen LogP) is 2.68. The highest BCUT2D eigenvalue weighted by Gasteiger charge is 2.37. The second kappa shape index (κ2) is 8.00. The average Bonchev–Trinajstić information content (AvgIpc) is 2.83. The average molecular weight is 380 g/mol. The third kappa shape index (κ3) is 4.39. The van der Waals surface area contributed by atoms with Crippen molar-refractivity contribution < 1.29 is 29.2 Å². The molecule has 1 aromatic carbocycles. The molecular formula is C16H16N2O7S. The highest BCUT2D eigenvalue weighted by molar-refractivity contribution is 8.18. The lowest BCUT2D eigenvalue weighted by Gasteiger charge is -2.14. The van der Waals surface area contributed by atoms with Crippen LogP contribution in [0.3, 0.4) is 0 Å². The van der Waals surface area contributed by atoms with Crippen molar-refractivity contribution in [1.82, 2.24) is 4.90 Å². The molecule has 138 valence electrons. The molecule has 0 bridgehead atoms. The van der Waals surface area contributed by atoms with E-state index in [1.165, 1.54) is 12.1 Å². The minimum atomic E-state index is -0.761. The van der Waals surface area contributed by atoms with Gasteiger partial charge in [0, 0.05) is 6.07 Å². The molecule has 0 aliphatic carbocycles. The lowest BCUT2D eigenvalue weighted by Crippen LogP contribution is -2.35. The molecule has 0 radical (unpaired) electrons. The van der Waals surface area contributed by atoms with Crippen LogP contribution in [0.4, 0.5) is 10.5 Å². The Bertz CT molecular complexity index is 806. The minimum absolute atomic E-state index is 0.0197. The zero-order valence-corrected chi connectivity index (χ0v) is 14.8. The number of phenols is 1. The Hall–Kier alpha value is -2.88. The van der Waals surface area contributed by atoms with Crippen LogP contribution < -0.4 is 0 Å². The van der Waals surface area contributed by atoms with Gasteiger partial charge in [-0.15, -0.1) is 0 Å². The molecule has 0 aromatic heterocycles. The zero-order valence-electron chi connectivity index (χ0n) is 14.0. The van der Waals surface area contributed by atoms with Crippen molar-refractivity contribution >= 4 is 40.6 Å². The Morgan fingerprint density at radius 3 is 2.77 bits per heavy atom. The quantitative estimate of drug-likeness (QED) is 0.345. The van der Waals surface area contributed by atoms with Crippen molar-refractivity contribution in [3.8, 4) is 5.75 Å². The number of esters is 1. The fourth-order valence-corrected chi connectivity index (χ4v) is 2.88. The maximum Gasteiger partial charge on any atom is 0.326 e. The van der Waals surface area contributed by atoms with Crippen LogP contribution in [0.5, 0.6) is 5.75 Å². The third-order valence-electron chi connectivity index (χ3n) is 3.56. The molecule has 9 nitrogen and oxygen atoms in total. The van der Waals surface area contributed by atoms with Crippen molar-refractivity contribution in [1.29, 1.82) is 0 Å². The van der Waals surface area contributed by atoms with Gasteiger partial charge in [-0.3, -0.25) is 29.4 Å². The molecule has 1 atom stereocenters. The smallest absolute Gasteiger partial charge is 0.326 e. The van der Waals surface area contributed by atoms with Gasteiger partial charge in [0.25, 0.3) is 11.1 Å². The second-order valence-corrected chi connectivity index (χ2v) is 6.48. The van der Waals surface area contributed by atoms with Gasteiger partial charge in [-0.1, -0.05) is 13.0 Å². The predicted molar refractivity (Wildman–Crippen MR) is 93.3 cm³/mol. The molecule has 26 heavy (non-hydrogen) atoms. The number of amides is 2. The first kappa shape index (κ1) is 19.4. The van der Waals surface area contributed by atoms with Crippen LogP contribution >= 0.6 is 11.8 Å². The molecule has 0 unspecified atom stereocenters. The Balaban J connectivity index is 2.18. The van der Waals surface area contributed by atoms with Gasteiger partial charge in [0.1, 0.15) is 6.54 Å². The number of carbonyl (C=O) groups is 3. The molecule has 1 aliphatic rings. The number of rotatable bonds is 6. The number of carbonyl (C=O) groups excluding carboxylic acids is 3. The van der Waals surface area contributed by atoms with Crippen LogP contribution in [0.15, 0.2) is 23.1 Å². The van der Waals surface area contributed by atoms with Gasteiger partial charge in [-0.2, -0.15) is 0 Å². The lowest BCUT2D eigenvalue weighted by atomic mass is 10.1. The van der Waals surface area contributed by atoms with Crippen molar-refractivity contribution in [3.63, 3.8) is 0 Å². The number of nitro benzene ring substituents is 1. The van der Waals surface area contributed by atoms with Crippen LogP contribution in [0, 0.1) is 10.1 Å². The summed E-state index contributed by atoms with van der Waals surface area (Å²) in [5.74, 6) is -1.88. The SMILES string of the molecule is CC[C@@H](C)OC(=O)CN1C(=O)S/C(=C/c2ccc(O)c([N+](=O)[O-])c2)C1=O. The van der Waals surface area contributed by atoms with Crippen molar-refractivity contribution in [3.05, 3.63) is 38.8 Å². The molecule has 0 spiro atoms. The molecule has 10 heteroatoms. The van der Waals surface area contributed by atoms with E-state index in [1.54, 1.807) is 6.92 Å². The van der Waals surface area contributed by atoms with E-state index in [-0.39, 0.29) is 16.6 Å². The van der Waals surface area contributed by atoms with Crippen LogP contribution in [0.2, 0.25) is 0 Å². The van der Waals surface area contributed by atoms with Crippen LogP contribution in [-0.2, 0) is 14.3 Å². The van der Waals surface area contributed by atoms with Gasteiger partial charge in [0.2, 0.25) is 0 Å². The highest BCUT2D eigenvalue weighted by atomic mass is 32.2. The van der Waals surface area contributed by atoms with E-state index >= 15 is 0 Å². The van der Waals surface area contributed by atoms with Crippen molar-refractivity contribution in [2.75, 3.05) is 6.54 Å². The molecule has 1 saturated heterocycles. The second-order valence-electron chi connectivity index (χ2n) is 5.48. The number of hydrogen-bond acceptors (Lipinski definition) is 8. The number of imide groups is 1. The summed E-state index contributed by atoms with van der Waals surface area (Å²) in [5.41, 5.74) is -0.253. The molecule has 0 saturated carbocycles. The first-order valence-corrected chi connectivity index (χ1v) is 8.46. The minimum Gasteiger partial charge on any atom is -0.502 e. The van der Waals surface area contributed by atoms with Gasteiger partial charge in [-0.25, -0.2) is 0 Å². The molecular weight excluding hydrogens is 364 g/mol. The number of aromatic hydroxyl groups is 1. The lowest BCUT2D eigenvalue weighted by molar-refractivity contribution is -0.385. The highest BCUT2D eigenvalue weighted by Crippen LogP contribution is 2.34. The first-order valence-electron chi connectivity index (χ1n) is 7.65. The monoisotopic (exact) mass is 380 g/mol. The Morgan fingerprint density at radius 1 is 1.46 bits per heavy atom. The van der Waals surface area contributed by atoms with Gasteiger partial charge < -0.3 is 9.84 Å². The van der Waals surface area contributed by atoms with E-state index in [1.807, 2.05) is 6.92 Å². The zero-order chi connectivity index (χ0) is 19.4. The number of hydrogen-bond donors (Lipinski definition) is 1. The molecule has 2 rings (SSSR count). The van der Waals surface area contributed by atoms with E-state index in [0.717, 1.165) is 17.0 Å². The molecule has 1 aliphatic heterocycles. The summed E-state index contributed by atoms with van der Waals surface area (Å²) in [5, 5.41) is 19.7. The summed E-state index contributed by atoms with van der Waals surface area (Å²) in [7, 11) is 0. The van der Waals surface area contributed by atoms with E-state index in [4.69, 9.17) is 4.74 Å². The first-order chi connectivity index (χ1) is 12.2. The summed E-state index contributed by atoms with van der Waals surface area (Å²) < 4.78 is 5.05. The fraction of sp³-hybridized carbons (Fsp3) is 0.312. The van der Waals surface area contributed by atoms with E-state index in [9.17, 15) is 29.6 Å². The molecule has 1 fully saturated rings. The van der Waals surface area contributed by atoms with Gasteiger partial charge >= 0.3 is 11.7 Å². The summed E-state index contributed by atoms with van der Waals surface area (Å²) in [6, 6.07) is 3.58. The number of ether oxygens (including phenoxy) is 1. The van der Waals surface area contributed by atoms with Crippen molar-refractivity contribution in [2.45, 2.75) is 26.4 Å². The molecule has 1 aromatic rings. The van der Waals surface area contributed by atoms with Gasteiger partial charge in [0.15, 0.2) is 5.75 Å². The maximum atomic E-state index is 12.3. The molecule has 1 heterocycles. The normalized spacial score (nSPS) is 16.8. The van der Waals surface area contributed by atoms with Crippen LogP contribution in [0.25, 0.3) is 6.08 Å². The maximum absolute atomic E-state index is 12.3. The summed E-state index contributed by atoms with van der Waals surface area (Å²) in [6.45, 7) is 3.03. The number of thioether (sulfide) groups is 1. The summed E-state index contributed by atoms with van der Waals surface area (Å²) in [4.78, 5) is 47.0. The van der Waals surface area contributed by atoms with Crippen LogP contribution in [0.1, 0.15) is 25.8 Å². The Labute approximate surface area is 152 Å². The Morgan fingerprint density at radius 2 is 2.15 bits per heavy atom. The standard InChI is InChI=1S/C16H16N2O7S/c1-3-9(2)25-14(20)8-17-15(21)13(26-16(17)22)7-10-4-5-12(19)11(6-10)18(23)24/h4-7,9,19H,3,8H2,1-2H3/b13-7+/t9-/m1/s1. The summed E-state index contributed by atoms with van der Waals surface area (Å²) in [6.07, 6.45) is 1.57. The molecule has 1 N–H and O–H groups in total. The summed E-state index contributed by atoms with van der Waals surface area (Å²) >= 11 is 0.620. The molecule has 2 amide bonds. The third-order valence-corrected chi connectivity index (χ3v) is 4.47. The van der Waals surface area contributed by atoms with Crippen LogP contribution in [-0.4, -0.2) is 44.7 Å². The van der Waals surface area contributed by atoms with Gasteiger partial charge in [-0.05, 0) is 42.8 Å². The number of benzene rings is 1. The number of phenolic OH excluding ortho intramolecular Hbond substituents is 1. The van der Waals surface area contributed by atoms with E-state index < -0.39 is 40.0 Å². The number of nitrogens with zero attached hydrogens (tertiary/aromatic N) is 2. The van der Waals surface area contributed by atoms with Gasteiger partial charge in [0.05, 0.1) is 15.9 Å². The van der Waals surface area contributed by atoms with E-state index in [0.29, 0.717) is 18.2 Å². The number of nitro groups is 1. The Kier molecular flexibility index (Phi) is 5.98. The fourth-order valence-electron chi connectivity index (χ4n) is 2.04. The van der Waals surface area contributed by atoms with E-state index in [2.05, 4.69) is 0 Å². The topological polar surface area (TPSA) is 127 Å². The largest absolute Gasteiger partial charge is 0.502 e.